The van der Waals surface area contributed by atoms with Gasteiger partial charge in [0.25, 0.3) is 5.56 Å². The van der Waals surface area contributed by atoms with Crippen LogP contribution in [0.1, 0.15) is 29.7 Å². The molecule has 7 nitrogen and oxygen atoms in total. The minimum atomic E-state index is -0.667. The highest BCUT2D eigenvalue weighted by Crippen LogP contribution is 2.35. The van der Waals surface area contributed by atoms with Gasteiger partial charge in [-0.1, -0.05) is 18.2 Å². The highest BCUT2D eigenvalue weighted by molar-refractivity contribution is 5.45. The molecule has 2 aromatic rings. The Morgan fingerprint density at radius 3 is 2.65 bits per heavy atom. The predicted molar refractivity (Wildman–Crippen MR) is 97.0 cm³/mol. The lowest BCUT2D eigenvalue weighted by atomic mass is 9.83. The van der Waals surface area contributed by atoms with Crippen LogP contribution in [0.5, 0.6) is 0 Å². The molecule has 26 heavy (non-hydrogen) atoms. The average Bonchev–Trinajstić information content (AvgIpc) is 2.62. The number of β-amino-alcohol motifs (C(OH)–C–C–N with tert-alkyl or cyclic N) is 1. The number of rotatable bonds is 4. The number of aromatic nitrogens is 1. The Balaban J connectivity index is 1.46. The van der Waals surface area contributed by atoms with Crippen molar-refractivity contribution >= 4 is 5.69 Å². The summed E-state index contributed by atoms with van der Waals surface area (Å²) in [6.07, 6.45) is 0.417. The summed E-state index contributed by atoms with van der Waals surface area (Å²) in [5.41, 5.74) is 2.01. The van der Waals surface area contributed by atoms with Crippen molar-refractivity contribution < 1.29 is 10.3 Å². The van der Waals surface area contributed by atoms with Crippen molar-refractivity contribution in [3.63, 3.8) is 0 Å². The first-order chi connectivity index (χ1) is 12.5. The fourth-order valence-electron chi connectivity index (χ4n) is 4.32. The van der Waals surface area contributed by atoms with E-state index in [1.165, 1.54) is 12.1 Å². The molecule has 0 aliphatic carbocycles. The summed E-state index contributed by atoms with van der Waals surface area (Å²) in [6.45, 7) is 2.92. The Morgan fingerprint density at radius 2 is 1.92 bits per heavy atom. The SMILES string of the molecule is O=c1cccc2n1CC1CC2CN(CC(O)c2ccc(N([O-])O)cc2)C1. The number of hydrogen-bond donors (Lipinski definition) is 2. The van der Waals surface area contributed by atoms with E-state index in [-0.39, 0.29) is 16.5 Å². The van der Waals surface area contributed by atoms with E-state index in [0.717, 1.165) is 31.7 Å². The predicted octanol–water partition coefficient (Wildman–Crippen LogP) is 1.69. The Labute approximate surface area is 151 Å². The Hall–Kier alpha value is -2.19. The largest absolute Gasteiger partial charge is 0.733 e. The van der Waals surface area contributed by atoms with Crippen LogP contribution in [0.3, 0.4) is 0 Å². The number of aliphatic hydroxyl groups is 1. The zero-order valence-electron chi connectivity index (χ0n) is 14.4. The van der Waals surface area contributed by atoms with Gasteiger partial charge in [0.2, 0.25) is 0 Å². The van der Waals surface area contributed by atoms with Gasteiger partial charge in [-0.15, -0.1) is 0 Å². The third kappa shape index (κ3) is 3.26. The van der Waals surface area contributed by atoms with Crippen molar-refractivity contribution in [3.05, 3.63) is 69.3 Å². The zero-order valence-corrected chi connectivity index (χ0v) is 14.4. The molecule has 3 atom stereocenters. The summed E-state index contributed by atoms with van der Waals surface area (Å²) in [4.78, 5) is 14.3. The first-order valence-electron chi connectivity index (χ1n) is 8.87. The lowest BCUT2D eigenvalue weighted by molar-refractivity contribution is 0.0621. The van der Waals surface area contributed by atoms with Crippen LogP contribution in [-0.2, 0) is 6.54 Å². The van der Waals surface area contributed by atoms with Crippen LogP contribution in [-0.4, -0.2) is 39.4 Å². The third-order valence-corrected chi connectivity index (χ3v) is 5.49. The van der Waals surface area contributed by atoms with Crippen LogP contribution < -0.4 is 10.8 Å². The van der Waals surface area contributed by atoms with Crippen LogP contribution >= 0.6 is 0 Å². The standard InChI is InChI=1S/C19H22N3O4/c23-18(14-4-6-16(7-5-14)22(25)26)12-20-9-13-8-15(11-20)17-2-1-3-19(24)21(17)10-13/h1-7,13,15,18,23,25H,8-12H2/q-1. The van der Waals surface area contributed by atoms with Gasteiger partial charge in [0, 0.05) is 43.9 Å². The van der Waals surface area contributed by atoms with E-state index in [0.29, 0.717) is 23.9 Å². The van der Waals surface area contributed by atoms with E-state index in [1.54, 1.807) is 18.2 Å². The van der Waals surface area contributed by atoms with Crippen molar-refractivity contribution in [3.8, 4) is 0 Å². The van der Waals surface area contributed by atoms with Crippen LogP contribution in [0.2, 0.25) is 0 Å². The maximum atomic E-state index is 12.1. The summed E-state index contributed by atoms with van der Waals surface area (Å²) in [7, 11) is 0. The highest BCUT2D eigenvalue weighted by Gasteiger charge is 2.34. The van der Waals surface area contributed by atoms with Gasteiger partial charge in [-0.25, -0.2) is 0 Å². The molecular formula is C19H22N3O4-. The van der Waals surface area contributed by atoms with Gasteiger partial charge in [0.05, 0.1) is 11.8 Å². The van der Waals surface area contributed by atoms with E-state index in [2.05, 4.69) is 4.90 Å². The van der Waals surface area contributed by atoms with E-state index in [4.69, 9.17) is 5.21 Å². The maximum Gasteiger partial charge on any atom is 0.250 e. The van der Waals surface area contributed by atoms with E-state index in [1.807, 2.05) is 16.7 Å². The normalized spacial score (nSPS) is 23.3. The molecule has 138 valence electrons. The highest BCUT2D eigenvalue weighted by atomic mass is 16.8. The molecule has 3 unspecified atom stereocenters. The number of likely N-dealkylation sites (tertiary alicyclic amines) is 1. The number of piperidine rings is 1. The smallest absolute Gasteiger partial charge is 0.250 e. The van der Waals surface area contributed by atoms with Crippen molar-refractivity contribution in [2.45, 2.75) is 25.0 Å². The second-order valence-electron chi connectivity index (χ2n) is 7.30. The molecule has 1 saturated heterocycles. The minimum Gasteiger partial charge on any atom is -0.733 e. The minimum absolute atomic E-state index is 0.0714. The number of hydrogen-bond acceptors (Lipinski definition) is 6. The molecule has 2 aliphatic heterocycles. The van der Waals surface area contributed by atoms with Gasteiger partial charge in [0.15, 0.2) is 0 Å². The van der Waals surface area contributed by atoms with Crippen molar-refractivity contribution in [1.82, 2.24) is 9.47 Å². The number of aliphatic hydroxyl groups excluding tert-OH is 1. The summed E-state index contributed by atoms with van der Waals surface area (Å²) in [5.74, 6) is 0.730. The molecule has 1 aromatic heterocycles. The van der Waals surface area contributed by atoms with Crippen LogP contribution in [0.15, 0.2) is 47.3 Å². The first-order valence-corrected chi connectivity index (χ1v) is 8.87. The van der Waals surface area contributed by atoms with Gasteiger partial charge in [-0.05, 0) is 36.1 Å². The van der Waals surface area contributed by atoms with Crippen molar-refractivity contribution in [2.24, 2.45) is 5.92 Å². The molecule has 2 aliphatic rings. The molecule has 1 aromatic carbocycles. The van der Waals surface area contributed by atoms with Crippen LogP contribution in [0, 0.1) is 11.1 Å². The number of pyridine rings is 1. The molecule has 7 heteroatoms. The van der Waals surface area contributed by atoms with Gasteiger partial charge < -0.3 is 20.1 Å². The molecule has 3 heterocycles. The summed E-state index contributed by atoms with van der Waals surface area (Å²) in [5, 5.41) is 30.1. The maximum absolute atomic E-state index is 12.1. The third-order valence-electron chi connectivity index (χ3n) is 5.49. The Morgan fingerprint density at radius 1 is 1.15 bits per heavy atom. The lowest BCUT2D eigenvalue weighted by Crippen LogP contribution is -2.48. The average molecular weight is 356 g/mol. The molecule has 0 spiro atoms. The Bertz CT molecular complexity index is 833. The number of anilines is 1. The lowest BCUT2D eigenvalue weighted by Gasteiger charge is -2.43. The van der Waals surface area contributed by atoms with Crippen LogP contribution in [0.25, 0.3) is 0 Å². The van der Waals surface area contributed by atoms with Gasteiger partial charge in [0.1, 0.15) is 0 Å². The van der Waals surface area contributed by atoms with E-state index < -0.39 is 6.10 Å². The Kier molecular flexibility index (Phi) is 4.54. The molecule has 0 saturated carbocycles. The second-order valence-corrected chi connectivity index (χ2v) is 7.30. The molecule has 1 fully saturated rings. The molecule has 0 radical (unpaired) electrons. The zero-order chi connectivity index (χ0) is 18.3. The molecule has 2 bridgehead atoms. The molecule has 0 amide bonds. The molecular weight excluding hydrogens is 334 g/mol. The van der Waals surface area contributed by atoms with Gasteiger partial charge >= 0.3 is 0 Å². The van der Waals surface area contributed by atoms with Crippen molar-refractivity contribution in [1.29, 1.82) is 0 Å². The molecule has 4 rings (SSSR count). The number of benzene rings is 1. The number of nitrogens with zero attached hydrogens (tertiary/aromatic N) is 3. The fraction of sp³-hybridized carbons (Fsp3) is 0.421. The summed E-state index contributed by atoms with van der Waals surface area (Å²) in [6, 6.07) is 11.7. The molecule has 2 N–H and O–H groups in total. The quantitative estimate of drug-likeness (QED) is 0.810. The summed E-state index contributed by atoms with van der Waals surface area (Å²) >= 11 is 0. The fourth-order valence-corrected chi connectivity index (χ4v) is 4.32. The second kappa shape index (κ2) is 6.85. The monoisotopic (exact) mass is 356 g/mol. The summed E-state index contributed by atoms with van der Waals surface area (Å²) < 4.78 is 1.90. The van der Waals surface area contributed by atoms with Gasteiger partial charge in [-0.3, -0.25) is 14.9 Å². The van der Waals surface area contributed by atoms with Crippen LogP contribution in [0.4, 0.5) is 5.69 Å². The number of fused-ring (bicyclic) bond motifs is 4. The topological polar surface area (TPSA) is 92.0 Å². The van der Waals surface area contributed by atoms with E-state index in [9.17, 15) is 15.1 Å². The first kappa shape index (κ1) is 17.2. The van der Waals surface area contributed by atoms with Crippen molar-refractivity contribution in [2.75, 3.05) is 24.9 Å². The van der Waals surface area contributed by atoms with Gasteiger partial charge in [-0.2, -0.15) is 0 Å². The van der Waals surface area contributed by atoms with E-state index >= 15 is 0 Å².